The number of carbonyl (C=O) groups is 2. The zero-order valence-electron chi connectivity index (χ0n) is 13.6. The molecule has 1 N–H and O–H groups in total. The van der Waals surface area contributed by atoms with Crippen molar-refractivity contribution >= 4 is 23.7 Å². The number of carbonyl (C=O) groups excluding carboxylic acids is 2. The van der Waals surface area contributed by atoms with E-state index in [1.165, 1.54) is 4.90 Å². The highest BCUT2D eigenvalue weighted by atomic mass is 32.2. The molecule has 3 rings (SSSR count). The highest BCUT2D eigenvalue weighted by molar-refractivity contribution is 7.99. The van der Waals surface area contributed by atoms with E-state index in [-0.39, 0.29) is 11.9 Å². The first-order chi connectivity index (χ1) is 11.0. The zero-order valence-corrected chi connectivity index (χ0v) is 14.4. The SMILES string of the molecule is Cc1ccc(C)c(OCCCN2C(=O)N[C@]3(CCSC3)C2=O)c1. The number of amides is 3. The molecular weight excluding hydrogens is 312 g/mol. The van der Waals surface area contributed by atoms with Crippen molar-refractivity contribution in [3.8, 4) is 5.75 Å². The smallest absolute Gasteiger partial charge is 0.325 e. The standard InChI is InChI=1S/C17H22N2O3S/c1-12-4-5-13(2)14(10-12)22-8-3-7-19-15(20)17(18-16(19)21)6-9-23-11-17/h4-5,10H,3,6-9,11H2,1-2H3,(H,18,21)/t17-/m0/s1. The average Bonchev–Trinajstić information content (AvgIpc) is 3.07. The molecule has 0 aliphatic carbocycles. The summed E-state index contributed by atoms with van der Waals surface area (Å²) >= 11 is 1.72. The first kappa shape index (κ1) is 16.2. The lowest BCUT2D eigenvalue weighted by atomic mass is 9.99. The molecule has 23 heavy (non-hydrogen) atoms. The Balaban J connectivity index is 1.52. The predicted octanol–water partition coefficient (Wildman–Crippen LogP) is 2.50. The molecular formula is C17H22N2O3S. The van der Waals surface area contributed by atoms with Gasteiger partial charge in [-0.3, -0.25) is 9.69 Å². The van der Waals surface area contributed by atoms with Gasteiger partial charge in [0.15, 0.2) is 0 Å². The Bertz CT molecular complexity index is 626. The van der Waals surface area contributed by atoms with Crippen LogP contribution in [0.25, 0.3) is 0 Å². The summed E-state index contributed by atoms with van der Waals surface area (Å²) in [6, 6.07) is 5.83. The molecule has 3 amide bonds. The average molecular weight is 334 g/mol. The van der Waals surface area contributed by atoms with Crippen LogP contribution in [0.5, 0.6) is 5.75 Å². The molecule has 0 radical (unpaired) electrons. The second-order valence-corrected chi connectivity index (χ2v) is 7.35. The maximum absolute atomic E-state index is 12.5. The fraction of sp³-hybridized carbons (Fsp3) is 0.529. The summed E-state index contributed by atoms with van der Waals surface area (Å²) in [6.45, 7) is 4.93. The highest BCUT2D eigenvalue weighted by Crippen LogP contribution is 2.33. The van der Waals surface area contributed by atoms with Gasteiger partial charge in [-0.25, -0.2) is 4.79 Å². The van der Waals surface area contributed by atoms with E-state index in [0.717, 1.165) is 29.1 Å². The maximum Gasteiger partial charge on any atom is 0.325 e. The summed E-state index contributed by atoms with van der Waals surface area (Å²) in [5.74, 6) is 2.41. The number of hydrogen-bond acceptors (Lipinski definition) is 4. The minimum Gasteiger partial charge on any atom is -0.493 e. The van der Waals surface area contributed by atoms with Gasteiger partial charge in [-0.1, -0.05) is 12.1 Å². The molecule has 124 valence electrons. The van der Waals surface area contributed by atoms with Crippen LogP contribution in [0.2, 0.25) is 0 Å². The highest BCUT2D eigenvalue weighted by Gasteiger charge is 2.52. The number of hydrogen-bond donors (Lipinski definition) is 1. The Morgan fingerprint density at radius 3 is 2.91 bits per heavy atom. The number of benzene rings is 1. The summed E-state index contributed by atoms with van der Waals surface area (Å²) < 4.78 is 5.79. The van der Waals surface area contributed by atoms with Gasteiger partial charge >= 0.3 is 6.03 Å². The summed E-state index contributed by atoms with van der Waals surface area (Å²) in [4.78, 5) is 25.9. The first-order valence-electron chi connectivity index (χ1n) is 7.94. The van der Waals surface area contributed by atoms with Gasteiger partial charge in [-0.2, -0.15) is 11.8 Å². The minimum atomic E-state index is -0.643. The van der Waals surface area contributed by atoms with Gasteiger partial charge < -0.3 is 10.1 Å². The number of aryl methyl sites for hydroxylation is 2. The maximum atomic E-state index is 12.5. The zero-order chi connectivity index (χ0) is 16.4. The first-order valence-corrected chi connectivity index (χ1v) is 9.09. The molecule has 1 spiro atoms. The van der Waals surface area contributed by atoms with Crippen LogP contribution in [-0.4, -0.2) is 47.0 Å². The third-order valence-electron chi connectivity index (χ3n) is 4.39. The van der Waals surface area contributed by atoms with Crippen molar-refractivity contribution < 1.29 is 14.3 Å². The lowest BCUT2D eigenvalue weighted by Crippen LogP contribution is -2.47. The molecule has 2 saturated heterocycles. The van der Waals surface area contributed by atoms with Gasteiger partial charge in [0.1, 0.15) is 11.3 Å². The van der Waals surface area contributed by atoms with Crippen LogP contribution in [0, 0.1) is 13.8 Å². The number of urea groups is 1. The Morgan fingerprint density at radius 2 is 2.17 bits per heavy atom. The van der Waals surface area contributed by atoms with Crippen molar-refractivity contribution in [2.75, 3.05) is 24.7 Å². The van der Waals surface area contributed by atoms with Crippen molar-refractivity contribution in [1.82, 2.24) is 10.2 Å². The van der Waals surface area contributed by atoms with Crippen LogP contribution in [-0.2, 0) is 4.79 Å². The molecule has 5 nitrogen and oxygen atoms in total. The molecule has 2 aliphatic heterocycles. The molecule has 0 unspecified atom stereocenters. The number of imide groups is 1. The van der Waals surface area contributed by atoms with Crippen molar-refractivity contribution in [2.24, 2.45) is 0 Å². The van der Waals surface area contributed by atoms with Crippen LogP contribution >= 0.6 is 11.8 Å². The Kier molecular flexibility index (Phi) is 4.53. The molecule has 2 fully saturated rings. The third-order valence-corrected chi connectivity index (χ3v) is 5.58. The van der Waals surface area contributed by atoms with Crippen molar-refractivity contribution in [1.29, 1.82) is 0 Å². The van der Waals surface area contributed by atoms with Crippen LogP contribution < -0.4 is 10.1 Å². The number of thioether (sulfide) groups is 1. The van der Waals surface area contributed by atoms with Gasteiger partial charge in [-0.05, 0) is 49.6 Å². The number of nitrogens with one attached hydrogen (secondary N) is 1. The summed E-state index contributed by atoms with van der Waals surface area (Å²) in [5.41, 5.74) is 1.60. The lowest BCUT2D eigenvalue weighted by Gasteiger charge is -2.19. The Morgan fingerprint density at radius 1 is 1.35 bits per heavy atom. The number of nitrogens with zero attached hydrogens (tertiary/aromatic N) is 1. The second-order valence-electron chi connectivity index (χ2n) is 6.24. The van der Waals surface area contributed by atoms with E-state index in [1.54, 1.807) is 11.8 Å². The normalized spacial score (nSPS) is 23.7. The van der Waals surface area contributed by atoms with Gasteiger partial charge in [0, 0.05) is 12.3 Å². The second kappa shape index (κ2) is 6.43. The molecule has 2 aliphatic rings. The number of rotatable bonds is 5. The molecule has 0 aromatic heterocycles. The van der Waals surface area contributed by atoms with E-state index < -0.39 is 5.54 Å². The monoisotopic (exact) mass is 334 g/mol. The fourth-order valence-corrected chi connectivity index (χ4v) is 4.30. The third kappa shape index (κ3) is 3.17. The quantitative estimate of drug-likeness (QED) is 0.664. The van der Waals surface area contributed by atoms with Crippen LogP contribution in [0.1, 0.15) is 24.0 Å². The molecule has 0 bridgehead atoms. The van der Waals surface area contributed by atoms with Gasteiger partial charge in [0.2, 0.25) is 0 Å². The van der Waals surface area contributed by atoms with Gasteiger partial charge in [-0.15, -0.1) is 0 Å². The van der Waals surface area contributed by atoms with E-state index >= 15 is 0 Å². The van der Waals surface area contributed by atoms with Crippen LogP contribution in [0.15, 0.2) is 18.2 Å². The molecule has 6 heteroatoms. The van der Waals surface area contributed by atoms with Crippen molar-refractivity contribution in [3.63, 3.8) is 0 Å². The van der Waals surface area contributed by atoms with E-state index in [9.17, 15) is 9.59 Å². The molecule has 1 aromatic carbocycles. The molecule has 2 heterocycles. The lowest BCUT2D eigenvalue weighted by molar-refractivity contribution is -0.130. The van der Waals surface area contributed by atoms with E-state index in [0.29, 0.717) is 25.3 Å². The van der Waals surface area contributed by atoms with E-state index in [4.69, 9.17) is 4.74 Å². The molecule has 0 saturated carbocycles. The van der Waals surface area contributed by atoms with Gasteiger partial charge in [0.25, 0.3) is 5.91 Å². The summed E-state index contributed by atoms with van der Waals surface area (Å²) in [6.07, 6.45) is 1.37. The fourth-order valence-electron chi connectivity index (χ4n) is 2.98. The van der Waals surface area contributed by atoms with Gasteiger partial charge in [0.05, 0.1) is 6.61 Å². The van der Waals surface area contributed by atoms with Crippen molar-refractivity contribution in [2.45, 2.75) is 32.2 Å². The van der Waals surface area contributed by atoms with E-state index in [2.05, 4.69) is 11.4 Å². The Hall–Kier alpha value is -1.69. The molecule has 1 aromatic rings. The van der Waals surface area contributed by atoms with Crippen LogP contribution in [0.3, 0.4) is 0 Å². The predicted molar refractivity (Wildman–Crippen MR) is 90.9 cm³/mol. The summed E-state index contributed by atoms with van der Waals surface area (Å²) in [5, 5.41) is 2.88. The minimum absolute atomic E-state index is 0.0702. The molecule has 1 atom stereocenters. The summed E-state index contributed by atoms with van der Waals surface area (Å²) in [7, 11) is 0. The van der Waals surface area contributed by atoms with Crippen LogP contribution in [0.4, 0.5) is 4.79 Å². The van der Waals surface area contributed by atoms with Crippen molar-refractivity contribution in [3.05, 3.63) is 29.3 Å². The Labute approximate surface area is 140 Å². The topological polar surface area (TPSA) is 58.6 Å². The number of ether oxygens (including phenoxy) is 1. The van der Waals surface area contributed by atoms with E-state index in [1.807, 2.05) is 26.0 Å². The largest absolute Gasteiger partial charge is 0.493 e.